The summed E-state index contributed by atoms with van der Waals surface area (Å²) in [6.07, 6.45) is 5.31. The minimum atomic E-state index is 0.494. The van der Waals surface area contributed by atoms with Crippen LogP contribution in [0.2, 0.25) is 0 Å². The molecule has 0 radical (unpaired) electrons. The zero-order valence-corrected chi connectivity index (χ0v) is 12.7. The molecule has 0 aliphatic heterocycles. The van der Waals surface area contributed by atoms with Gasteiger partial charge in [0.05, 0.1) is 11.9 Å². The molecular formula is C18H24N2. The van der Waals surface area contributed by atoms with Gasteiger partial charge in [0.1, 0.15) is 0 Å². The summed E-state index contributed by atoms with van der Waals surface area (Å²) in [5.74, 6) is 1.22. The van der Waals surface area contributed by atoms with E-state index in [0.717, 1.165) is 18.0 Å². The maximum absolute atomic E-state index is 4.46. The van der Waals surface area contributed by atoms with E-state index in [0.29, 0.717) is 5.92 Å². The van der Waals surface area contributed by atoms with E-state index in [4.69, 9.17) is 0 Å². The van der Waals surface area contributed by atoms with Gasteiger partial charge in [-0.3, -0.25) is 0 Å². The Kier molecular flexibility index (Phi) is 5.28. The van der Waals surface area contributed by atoms with Crippen molar-refractivity contribution in [3.63, 3.8) is 0 Å². The third kappa shape index (κ3) is 3.44. The van der Waals surface area contributed by atoms with Crippen molar-refractivity contribution in [3.8, 4) is 11.1 Å². The third-order valence-corrected chi connectivity index (χ3v) is 4.10. The molecule has 0 aliphatic rings. The highest BCUT2D eigenvalue weighted by molar-refractivity contribution is 5.65. The Morgan fingerprint density at radius 1 is 1.00 bits per heavy atom. The number of rotatable bonds is 6. The summed E-state index contributed by atoms with van der Waals surface area (Å²) in [4.78, 5) is 0. The van der Waals surface area contributed by atoms with Gasteiger partial charge in [-0.15, -0.1) is 0 Å². The number of nitrogens with zero attached hydrogens (tertiary/aromatic N) is 2. The maximum Gasteiger partial charge on any atom is 0.0740 e. The Balaban J connectivity index is 2.36. The van der Waals surface area contributed by atoms with Crippen LogP contribution >= 0.6 is 0 Å². The molecule has 0 bridgehead atoms. The van der Waals surface area contributed by atoms with Crippen LogP contribution < -0.4 is 0 Å². The average Bonchev–Trinajstić information content (AvgIpc) is 2.53. The zero-order chi connectivity index (χ0) is 14.4. The largest absolute Gasteiger partial charge is 0.159 e. The van der Waals surface area contributed by atoms with Gasteiger partial charge in [0.15, 0.2) is 0 Å². The lowest BCUT2D eigenvalue weighted by atomic mass is 9.86. The Morgan fingerprint density at radius 3 is 2.40 bits per heavy atom. The van der Waals surface area contributed by atoms with Gasteiger partial charge in [-0.05, 0) is 30.4 Å². The molecule has 0 saturated heterocycles. The highest BCUT2D eigenvalue weighted by atomic mass is 15.1. The highest BCUT2D eigenvalue weighted by Crippen LogP contribution is 2.33. The van der Waals surface area contributed by atoms with Crippen molar-refractivity contribution in [2.24, 2.45) is 5.92 Å². The van der Waals surface area contributed by atoms with Crippen LogP contribution in [0.15, 0.2) is 42.6 Å². The van der Waals surface area contributed by atoms with Crippen molar-refractivity contribution in [2.75, 3.05) is 0 Å². The smallest absolute Gasteiger partial charge is 0.0740 e. The lowest BCUT2D eigenvalue weighted by molar-refractivity contribution is 0.439. The number of aromatic nitrogens is 2. The van der Waals surface area contributed by atoms with Gasteiger partial charge in [-0.1, -0.05) is 57.5 Å². The predicted octanol–water partition coefficient (Wildman–Crippen LogP) is 5.07. The fourth-order valence-corrected chi connectivity index (χ4v) is 2.63. The summed E-state index contributed by atoms with van der Waals surface area (Å²) in [5.41, 5.74) is 3.62. The first-order valence-corrected chi connectivity index (χ1v) is 7.63. The first-order chi connectivity index (χ1) is 9.76. The lowest BCUT2D eigenvalue weighted by Gasteiger charge is -2.20. The molecule has 0 spiro atoms. The van der Waals surface area contributed by atoms with Crippen LogP contribution in [0.1, 0.15) is 51.6 Å². The molecule has 2 nitrogen and oxygen atoms in total. The zero-order valence-electron chi connectivity index (χ0n) is 12.7. The van der Waals surface area contributed by atoms with E-state index in [2.05, 4.69) is 61.3 Å². The van der Waals surface area contributed by atoms with Crippen LogP contribution in [0.3, 0.4) is 0 Å². The molecule has 0 fully saturated rings. The van der Waals surface area contributed by atoms with E-state index >= 15 is 0 Å². The summed E-state index contributed by atoms with van der Waals surface area (Å²) >= 11 is 0. The van der Waals surface area contributed by atoms with Crippen molar-refractivity contribution in [2.45, 2.75) is 46.0 Å². The van der Waals surface area contributed by atoms with E-state index in [1.807, 2.05) is 6.07 Å². The molecule has 2 rings (SSSR count). The summed E-state index contributed by atoms with van der Waals surface area (Å²) < 4.78 is 0. The van der Waals surface area contributed by atoms with Gasteiger partial charge < -0.3 is 0 Å². The topological polar surface area (TPSA) is 25.8 Å². The number of hydrogen-bond acceptors (Lipinski definition) is 2. The van der Waals surface area contributed by atoms with Crippen LogP contribution in [-0.4, -0.2) is 10.2 Å². The second kappa shape index (κ2) is 7.18. The maximum atomic E-state index is 4.46. The van der Waals surface area contributed by atoms with E-state index in [9.17, 15) is 0 Å². The van der Waals surface area contributed by atoms with Crippen molar-refractivity contribution in [1.29, 1.82) is 0 Å². The van der Waals surface area contributed by atoms with E-state index in [1.165, 1.54) is 24.0 Å². The molecule has 1 aromatic heterocycles. The fourth-order valence-electron chi connectivity index (χ4n) is 2.63. The van der Waals surface area contributed by atoms with Gasteiger partial charge >= 0.3 is 0 Å². The van der Waals surface area contributed by atoms with Gasteiger partial charge in [0.25, 0.3) is 0 Å². The first-order valence-electron chi connectivity index (χ1n) is 7.63. The summed E-state index contributed by atoms with van der Waals surface area (Å²) in [6.45, 7) is 6.82. The van der Waals surface area contributed by atoms with Crippen molar-refractivity contribution in [3.05, 3.63) is 48.3 Å². The summed E-state index contributed by atoms with van der Waals surface area (Å²) in [7, 11) is 0. The fraction of sp³-hybridized carbons (Fsp3) is 0.444. The highest BCUT2D eigenvalue weighted by Gasteiger charge is 2.18. The van der Waals surface area contributed by atoms with Crippen LogP contribution in [0, 0.1) is 5.92 Å². The molecule has 1 aromatic carbocycles. The van der Waals surface area contributed by atoms with Crippen molar-refractivity contribution >= 4 is 0 Å². The molecule has 0 saturated carbocycles. The van der Waals surface area contributed by atoms with Gasteiger partial charge in [0, 0.05) is 11.5 Å². The van der Waals surface area contributed by atoms with Gasteiger partial charge in [-0.25, -0.2) is 0 Å². The Labute approximate surface area is 122 Å². The van der Waals surface area contributed by atoms with Crippen LogP contribution in [0.5, 0.6) is 0 Å². The minimum Gasteiger partial charge on any atom is -0.159 e. The minimum absolute atomic E-state index is 0.494. The predicted molar refractivity (Wildman–Crippen MR) is 84.6 cm³/mol. The molecule has 2 unspecified atom stereocenters. The Hall–Kier alpha value is -1.70. The molecule has 2 heteroatoms. The van der Waals surface area contributed by atoms with Gasteiger partial charge in [-0.2, -0.15) is 10.2 Å². The molecule has 106 valence electrons. The van der Waals surface area contributed by atoms with Crippen LogP contribution in [0.4, 0.5) is 0 Å². The average molecular weight is 268 g/mol. The molecule has 2 aromatic rings. The SMILES string of the molecule is CCC(C)CC(CC)c1nnccc1-c1ccccc1. The number of hydrogen-bond donors (Lipinski definition) is 0. The van der Waals surface area contributed by atoms with Crippen molar-refractivity contribution < 1.29 is 0 Å². The molecule has 0 aliphatic carbocycles. The van der Waals surface area contributed by atoms with Gasteiger partial charge in [0.2, 0.25) is 0 Å². The second-order valence-corrected chi connectivity index (χ2v) is 5.55. The normalized spacial score (nSPS) is 13.9. The monoisotopic (exact) mass is 268 g/mol. The summed E-state index contributed by atoms with van der Waals surface area (Å²) in [6, 6.07) is 12.6. The van der Waals surface area contributed by atoms with E-state index in [-0.39, 0.29) is 0 Å². The molecular weight excluding hydrogens is 244 g/mol. The van der Waals surface area contributed by atoms with E-state index in [1.54, 1.807) is 6.20 Å². The Morgan fingerprint density at radius 2 is 1.75 bits per heavy atom. The molecule has 1 heterocycles. The second-order valence-electron chi connectivity index (χ2n) is 5.55. The molecule has 20 heavy (non-hydrogen) atoms. The number of benzene rings is 1. The first kappa shape index (κ1) is 14.7. The standard InChI is InChI=1S/C18H24N2/c1-4-14(3)13-15(5-2)18-17(11-12-19-20-18)16-9-7-6-8-10-16/h6-12,14-15H,4-5,13H2,1-3H3. The molecule has 2 atom stereocenters. The van der Waals surface area contributed by atoms with Crippen molar-refractivity contribution in [1.82, 2.24) is 10.2 Å². The quantitative estimate of drug-likeness (QED) is 0.730. The van der Waals surface area contributed by atoms with Crippen LogP contribution in [0.25, 0.3) is 11.1 Å². The molecule has 0 amide bonds. The van der Waals surface area contributed by atoms with Crippen LogP contribution in [-0.2, 0) is 0 Å². The third-order valence-electron chi connectivity index (χ3n) is 4.10. The molecule has 0 N–H and O–H groups in total. The van der Waals surface area contributed by atoms with E-state index < -0.39 is 0 Å². The lowest BCUT2D eigenvalue weighted by Crippen LogP contribution is -2.08. The Bertz CT molecular complexity index is 522. The summed E-state index contributed by atoms with van der Waals surface area (Å²) in [5, 5.41) is 8.59.